The number of aliphatic hydroxyl groups is 1. The van der Waals surface area contributed by atoms with E-state index in [1.165, 1.54) is 0 Å². The first-order valence-corrected chi connectivity index (χ1v) is 3.67. The minimum Gasteiger partial charge on any atom is -0.508 e. The normalized spacial score (nSPS) is 16.7. The van der Waals surface area contributed by atoms with E-state index in [9.17, 15) is 0 Å². The molecule has 1 aliphatic rings. The molecule has 0 aliphatic heterocycles. The quantitative estimate of drug-likeness (QED) is 0.597. The van der Waals surface area contributed by atoms with Crippen LogP contribution in [0.1, 0.15) is 12.8 Å². The molecule has 1 heteroatoms. The molecule has 0 amide bonds. The molecule has 0 radical (unpaired) electrons. The molecule has 0 unspecified atom stereocenters. The average Bonchev–Trinajstić information content (AvgIpc) is 2.04. The van der Waals surface area contributed by atoms with Crippen molar-refractivity contribution < 1.29 is 5.11 Å². The summed E-state index contributed by atoms with van der Waals surface area (Å²) in [5.41, 5.74) is 1.81. The number of rotatable bonds is 2. The lowest BCUT2D eigenvalue weighted by molar-refractivity contribution is 0.427. The molecule has 0 spiro atoms. The number of aliphatic hydroxyl groups excluding tert-OH is 1. The second-order valence-corrected chi connectivity index (χ2v) is 2.51. The van der Waals surface area contributed by atoms with Gasteiger partial charge < -0.3 is 5.11 Å². The van der Waals surface area contributed by atoms with Crippen molar-refractivity contribution in [1.29, 1.82) is 0 Å². The average molecular weight is 148 g/mol. The molecule has 0 heterocycles. The Hall–Kier alpha value is -1.24. The van der Waals surface area contributed by atoms with E-state index in [0.29, 0.717) is 0 Å². The van der Waals surface area contributed by atoms with Crippen molar-refractivity contribution in [2.24, 2.45) is 0 Å². The SMILES string of the molecule is C=CC1=CCCC=C1C(=C)O. The Morgan fingerprint density at radius 3 is 2.55 bits per heavy atom. The summed E-state index contributed by atoms with van der Waals surface area (Å²) in [5, 5.41) is 9.13. The fourth-order valence-corrected chi connectivity index (χ4v) is 1.17. The predicted molar refractivity (Wildman–Crippen MR) is 47.4 cm³/mol. The Morgan fingerprint density at radius 1 is 1.45 bits per heavy atom. The summed E-state index contributed by atoms with van der Waals surface area (Å²) in [4.78, 5) is 0. The maximum atomic E-state index is 9.13. The highest BCUT2D eigenvalue weighted by atomic mass is 16.3. The zero-order valence-corrected chi connectivity index (χ0v) is 6.51. The van der Waals surface area contributed by atoms with Gasteiger partial charge in [-0.05, 0) is 18.4 Å². The van der Waals surface area contributed by atoms with E-state index in [1.807, 2.05) is 6.08 Å². The van der Waals surface area contributed by atoms with Gasteiger partial charge in [-0.3, -0.25) is 0 Å². The summed E-state index contributed by atoms with van der Waals surface area (Å²) in [6.07, 6.45) is 7.79. The minimum absolute atomic E-state index is 0.135. The summed E-state index contributed by atoms with van der Waals surface area (Å²) < 4.78 is 0. The third kappa shape index (κ3) is 1.61. The van der Waals surface area contributed by atoms with E-state index in [-0.39, 0.29) is 5.76 Å². The summed E-state index contributed by atoms with van der Waals surface area (Å²) in [6.45, 7) is 7.13. The van der Waals surface area contributed by atoms with Crippen LogP contribution in [-0.4, -0.2) is 5.11 Å². The zero-order chi connectivity index (χ0) is 8.27. The lowest BCUT2D eigenvalue weighted by Gasteiger charge is -2.10. The maximum absolute atomic E-state index is 9.13. The van der Waals surface area contributed by atoms with Crippen LogP contribution >= 0.6 is 0 Å². The summed E-state index contributed by atoms with van der Waals surface area (Å²) in [6, 6.07) is 0. The molecule has 0 aromatic rings. The second-order valence-electron chi connectivity index (χ2n) is 2.51. The Bertz CT molecular complexity index is 244. The van der Waals surface area contributed by atoms with Crippen molar-refractivity contribution in [3.63, 3.8) is 0 Å². The molecule has 0 fully saturated rings. The fourth-order valence-electron chi connectivity index (χ4n) is 1.17. The molecular formula is C10H12O. The molecule has 1 N–H and O–H groups in total. The Kier molecular flexibility index (Phi) is 2.32. The van der Waals surface area contributed by atoms with Crippen molar-refractivity contribution in [2.75, 3.05) is 0 Å². The van der Waals surface area contributed by atoms with Gasteiger partial charge in [0.15, 0.2) is 0 Å². The molecule has 0 saturated carbocycles. The van der Waals surface area contributed by atoms with E-state index in [0.717, 1.165) is 24.0 Å². The second kappa shape index (κ2) is 3.24. The van der Waals surface area contributed by atoms with Gasteiger partial charge in [-0.2, -0.15) is 0 Å². The van der Waals surface area contributed by atoms with Gasteiger partial charge in [0.05, 0.1) is 0 Å². The van der Waals surface area contributed by atoms with E-state index >= 15 is 0 Å². The van der Waals surface area contributed by atoms with Gasteiger partial charge in [-0.25, -0.2) is 0 Å². The molecule has 0 saturated heterocycles. The summed E-state index contributed by atoms with van der Waals surface area (Å²) in [7, 11) is 0. The first-order valence-electron chi connectivity index (χ1n) is 3.67. The zero-order valence-electron chi connectivity index (χ0n) is 6.51. The van der Waals surface area contributed by atoms with Crippen LogP contribution in [0.4, 0.5) is 0 Å². The molecular weight excluding hydrogens is 136 g/mol. The van der Waals surface area contributed by atoms with Gasteiger partial charge in [-0.1, -0.05) is 31.4 Å². The Balaban J connectivity index is 2.92. The lowest BCUT2D eigenvalue weighted by atomic mass is 9.97. The highest BCUT2D eigenvalue weighted by Gasteiger charge is 2.07. The Morgan fingerprint density at radius 2 is 2.09 bits per heavy atom. The monoisotopic (exact) mass is 148 g/mol. The highest BCUT2D eigenvalue weighted by Crippen LogP contribution is 2.23. The fraction of sp³-hybridized carbons (Fsp3) is 0.200. The molecule has 11 heavy (non-hydrogen) atoms. The highest BCUT2D eigenvalue weighted by molar-refractivity contribution is 5.49. The summed E-state index contributed by atoms with van der Waals surface area (Å²) in [5.74, 6) is 0.135. The van der Waals surface area contributed by atoms with Crippen molar-refractivity contribution in [3.8, 4) is 0 Å². The number of hydrogen-bond donors (Lipinski definition) is 1. The van der Waals surface area contributed by atoms with Crippen LogP contribution in [0.3, 0.4) is 0 Å². The maximum Gasteiger partial charge on any atom is 0.115 e. The van der Waals surface area contributed by atoms with Crippen molar-refractivity contribution in [1.82, 2.24) is 0 Å². The van der Waals surface area contributed by atoms with E-state index in [1.54, 1.807) is 6.08 Å². The van der Waals surface area contributed by atoms with Crippen LogP contribution in [0.5, 0.6) is 0 Å². The van der Waals surface area contributed by atoms with Crippen LogP contribution in [-0.2, 0) is 0 Å². The molecule has 0 bridgehead atoms. The van der Waals surface area contributed by atoms with E-state index < -0.39 is 0 Å². The van der Waals surface area contributed by atoms with Crippen molar-refractivity contribution in [3.05, 3.63) is 48.3 Å². The minimum atomic E-state index is 0.135. The molecule has 0 aromatic heterocycles. The Labute approximate surface area is 67.1 Å². The lowest BCUT2D eigenvalue weighted by Crippen LogP contribution is -1.94. The van der Waals surface area contributed by atoms with Crippen LogP contribution < -0.4 is 0 Å². The van der Waals surface area contributed by atoms with Gasteiger partial charge in [0.1, 0.15) is 5.76 Å². The van der Waals surface area contributed by atoms with Crippen LogP contribution in [0.15, 0.2) is 48.3 Å². The first kappa shape index (κ1) is 7.86. The third-order valence-corrected chi connectivity index (χ3v) is 1.72. The largest absolute Gasteiger partial charge is 0.508 e. The smallest absolute Gasteiger partial charge is 0.115 e. The van der Waals surface area contributed by atoms with Crippen LogP contribution in [0.25, 0.3) is 0 Å². The molecule has 58 valence electrons. The van der Waals surface area contributed by atoms with E-state index in [4.69, 9.17) is 5.11 Å². The van der Waals surface area contributed by atoms with Crippen LogP contribution in [0, 0.1) is 0 Å². The molecule has 1 aliphatic carbocycles. The molecule has 1 nitrogen and oxygen atoms in total. The van der Waals surface area contributed by atoms with Crippen molar-refractivity contribution >= 4 is 0 Å². The molecule has 1 rings (SSSR count). The number of allylic oxidation sites excluding steroid dienone is 4. The standard InChI is InChI=1S/C10H12O/c1-3-9-6-4-5-7-10(9)8(2)11/h3,6-7,11H,1-2,4-5H2. The van der Waals surface area contributed by atoms with E-state index in [2.05, 4.69) is 19.2 Å². The van der Waals surface area contributed by atoms with Gasteiger partial charge in [0.2, 0.25) is 0 Å². The number of hydrogen-bond acceptors (Lipinski definition) is 1. The topological polar surface area (TPSA) is 20.2 Å². The third-order valence-electron chi connectivity index (χ3n) is 1.72. The van der Waals surface area contributed by atoms with Crippen LogP contribution in [0.2, 0.25) is 0 Å². The van der Waals surface area contributed by atoms with Gasteiger partial charge in [0, 0.05) is 5.57 Å². The molecule has 0 aromatic carbocycles. The predicted octanol–water partition coefficient (Wildman–Crippen LogP) is 2.89. The first-order chi connectivity index (χ1) is 5.25. The van der Waals surface area contributed by atoms with Gasteiger partial charge in [-0.15, -0.1) is 0 Å². The molecule has 0 atom stereocenters. The van der Waals surface area contributed by atoms with Gasteiger partial charge in [0.25, 0.3) is 0 Å². The summed E-state index contributed by atoms with van der Waals surface area (Å²) >= 11 is 0. The van der Waals surface area contributed by atoms with Crippen molar-refractivity contribution in [2.45, 2.75) is 12.8 Å². The van der Waals surface area contributed by atoms with Gasteiger partial charge >= 0.3 is 0 Å².